The van der Waals surface area contributed by atoms with Gasteiger partial charge in [-0.25, -0.2) is 4.79 Å². The van der Waals surface area contributed by atoms with Gasteiger partial charge in [-0.3, -0.25) is 0 Å². The predicted octanol–water partition coefficient (Wildman–Crippen LogP) is 2.75. The Kier molecular flexibility index (Phi) is 3.93. The molecule has 2 N–H and O–H groups in total. The molecule has 0 aliphatic heterocycles. The lowest BCUT2D eigenvalue weighted by Crippen LogP contribution is -2.29. The SMILES string of the molecule is CCOC(=O)C1=C(N)c2ccccc2C[C@@H]1C(C)C. The maximum atomic E-state index is 12.2. The lowest BCUT2D eigenvalue weighted by Gasteiger charge is -2.30. The average molecular weight is 259 g/mol. The van der Waals surface area contributed by atoms with Crippen LogP contribution in [0.3, 0.4) is 0 Å². The maximum Gasteiger partial charge on any atom is 0.336 e. The van der Waals surface area contributed by atoms with Crippen molar-refractivity contribution in [2.24, 2.45) is 17.6 Å². The van der Waals surface area contributed by atoms with Gasteiger partial charge in [-0.05, 0) is 30.7 Å². The van der Waals surface area contributed by atoms with Crippen LogP contribution in [0.25, 0.3) is 5.70 Å². The van der Waals surface area contributed by atoms with Crippen molar-refractivity contribution in [1.29, 1.82) is 0 Å². The van der Waals surface area contributed by atoms with Gasteiger partial charge in [0.05, 0.1) is 12.2 Å². The van der Waals surface area contributed by atoms with Gasteiger partial charge in [0.2, 0.25) is 0 Å². The second-order valence-electron chi connectivity index (χ2n) is 5.26. The summed E-state index contributed by atoms with van der Waals surface area (Å²) in [5, 5.41) is 0. The van der Waals surface area contributed by atoms with Crippen LogP contribution >= 0.6 is 0 Å². The molecule has 102 valence electrons. The van der Waals surface area contributed by atoms with E-state index in [1.807, 2.05) is 25.1 Å². The van der Waals surface area contributed by atoms with Gasteiger partial charge in [0.25, 0.3) is 0 Å². The zero-order valence-electron chi connectivity index (χ0n) is 11.8. The summed E-state index contributed by atoms with van der Waals surface area (Å²) in [6, 6.07) is 8.02. The van der Waals surface area contributed by atoms with E-state index in [9.17, 15) is 4.79 Å². The topological polar surface area (TPSA) is 52.3 Å². The zero-order chi connectivity index (χ0) is 14.0. The van der Waals surface area contributed by atoms with Gasteiger partial charge in [-0.2, -0.15) is 0 Å². The van der Waals surface area contributed by atoms with E-state index in [1.54, 1.807) is 0 Å². The molecule has 1 aliphatic carbocycles. The fraction of sp³-hybridized carbons (Fsp3) is 0.438. The third kappa shape index (κ3) is 2.50. The van der Waals surface area contributed by atoms with Crippen LogP contribution in [0.5, 0.6) is 0 Å². The molecule has 3 nitrogen and oxygen atoms in total. The third-order valence-electron chi connectivity index (χ3n) is 3.71. The van der Waals surface area contributed by atoms with Crippen LogP contribution in [-0.4, -0.2) is 12.6 Å². The molecule has 1 aliphatic rings. The normalized spacial score (nSPS) is 18.4. The van der Waals surface area contributed by atoms with E-state index in [2.05, 4.69) is 19.9 Å². The van der Waals surface area contributed by atoms with Crippen molar-refractivity contribution in [1.82, 2.24) is 0 Å². The fourth-order valence-electron chi connectivity index (χ4n) is 2.68. The van der Waals surface area contributed by atoms with E-state index in [0.717, 1.165) is 12.0 Å². The van der Waals surface area contributed by atoms with Crippen LogP contribution in [0.15, 0.2) is 29.8 Å². The van der Waals surface area contributed by atoms with Gasteiger partial charge in [0.1, 0.15) is 0 Å². The third-order valence-corrected chi connectivity index (χ3v) is 3.71. The van der Waals surface area contributed by atoms with Crippen molar-refractivity contribution in [3.8, 4) is 0 Å². The summed E-state index contributed by atoms with van der Waals surface area (Å²) in [6.07, 6.45) is 0.850. The van der Waals surface area contributed by atoms with Crippen LogP contribution in [0, 0.1) is 11.8 Å². The fourth-order valence-corrected chi connectivity index (χ4v) is 2.68. The van der Waals surface area contributed by atoms with Crippen LogP contribution < -0.4 is 5.73 Å². The Morgan fingerprint density at radius 2 is 2.11 bits per heavy atom. The first-order valence-corrected chi connectivity index (χ1v) is 6.81. The van der Waals surface area contributed by atoms with E-state index in [0.29, 0.717) is 23.8 Å². The van der Waals surface area contributed by atoms with E-state index in [4.69, 9.17) is 10.5 Å². The lowest BCUT2D eigenvalue weighted by molar-refractivity contribution is -0.139. The molecule has 0 amide bonds. The van der Waals surface area contributed by atoms with Crippen molar-refractivity contribution in [2.75, 3.05) is 6.61 Å². The number of carbonyl (C=O) groups excluding carboxylic acids is 1. The molecule has 3 heteroatoms. The monoisotopic (exact) mass is 259 g/mol. The van der Waals surface area contributed by atoms with Crippen LogP contribution in [0.4, 0.5) is 0 Å². The summed E-state index contributed by atoms with van der Waals surface area (Å²) < 4.78 is 5.17. The minimum atomic E-state index is -0.270. The minimum absolute atomic E-state index is 0.133. The Balaban J connectivity index is 2.52. The number of hydrogen-bond donors (Lipinski definition) is 1. The Morgan fingerprint density at radius 3 is 2.74 bits per heavy atom. The molecule has 0 saturated carbocycles. The number of esters is 1. The second kappa shape index (κ2) is 5.47. The number of ether oxygens (including phenoxy) is 1. The van der Waals surface area contributed by atoms with Crippen molar-refractivity contribution in [2.45, 2.75) is 27.2 Å². The molecular weight excluding hydrogens is 238 g/mol. The summed E-state index contributed by atoms with van der Waals surface area (Å²) in [6.45, 7) is 6.42. The summed E-state index contributed by atoms with van der Waals surface area (Å²) in [7, 11) is 0. The highest BCUT2D eigenvalue weighted by Gasteiger charge is 2.32. The summed E-state index contributed by atoms with van der Waals surface area (Å²) in [5.41, 5.74) is 9.65. The van der Waals surface area contributed by atoms with Gasteiger partial charge in [-0.1, -0.05) is 38.1 Å². The molecule has 0 fully saturated rings. The van der Waals surface area contributed by atoms with Gasteiger partial charge in [0, 0.05) is 11.3 Å². The first-order chi connectivity index (χ1) is 9.06. The number of hydrogen-bond acceptors (Lipinski definition) is 3. The summed E-state index contributed by atoms with van der Waals surface area (Å²) >= 11 is 0. The molecule has 0 radical (unpaired) electrons. The van der Waals surface area contributed by atoms with Gasteiger partial charge in [-0.15, -0.1) is 0 Å². The molecule has 2 rings (SSSR count). The smallest absolute Gasteiger partial charge is 0.336 e. The number of benzene rings is 1. The van der Waals surface area contributed by atoms with Crippen molar-refractivity contribution in [3.05, 3.63) is 41.0 Å². The Hall–Kier alpha value is -1.77. The molecule has 0 saturated heterocycles. The molecule has 1 aromatic carbocycles. The molecule has 19 heavy (non-hydrogen) atoms. The molecule has 0 heterocycles. The van der Waals surface area contributed by atoms with E-state index in [-0.39, 0.29) is 11.9 Å². The highest BCUT2D eigenvalue weighted by Crippen LogP contribution is 2.36. The molecule has 0 bridgehead atoms. The Bertz CT molecular complexity index is 517. The first-order valence-electron chi connectivity index (χ1n) is 6.81. The Morgan fingerprint density at radius 1 is 1.42 bits per heavy atom. The van der Waals surface area contributed by atoms with Crippen molar-refractivity contribution >= 4 is 11.7 Å². The second-order valence-corrected chi connectivity index (χ2v) is 5.26. The van der Waals surface area contributed by atoms with Crippen LogP contribution in [-0.2, 0) is 16.0 Å². The molecule has 0 unspecified atom stereocenters. The van der Waals surface area contributed by atoms with E-state index in [1.165, 1.54) is 5.56 Å². The summed E-state index contributed by atoms with van der Waals surface area (Å²) in [5.74, 6) is 0.216. The number of rotatable bonds is 3. The predicted molar refractivity (Wildman–Crippen MR) is 76.2 cm³/mol. The van der Waals surface area contributed by atoms with Crippen LogP contribution in [0.1, 0.15) is 31.9 Å². The molecular formula is C16H21NO2. The largest absolute Gasteiger partial charge is 0.463 e. The van der Waals surface area contributed by atoms with Crippen LogP contribution in [0.2, 0.25) is 0 Å². The van der Waals surface area contributed by atoms with Crippen molar-refractivity contribution in [3.63, 3.8) is 0 Å². The van der Waals surface area contributed by atoms with E-state index >= 15 is 0 Å². The molecule has 0 spiro atoms. The molecule has 1 atom stereocenters. The summed E-state index contributed by atoms with van der Waals surface area (Å²) in [4.78, 5) is 12.2. The molecule has 1 aromatic rings. The Labute approximate surface area is 114 Å². The van der Waals surface area contributed by atoms with Gasteiger partial charge in [0.15, 0.2) is 0 Å². The number of carbonyl (C=O) groups is 1. The van der Waals surface area contributed by atoms with Crippen molar-refractivity contribution < 1.29 is 9.53 Å². The first kappa shape index (κ1) is 13.7. The van der Waals surface area contributed by atoms with Gasteiger partial charge >= 0.3 is 5.97 Å². The highest BCUT2D eigenvalue weighted by molar-refractivity contribution is 5.98. The average Bonchev–Trinajstić information content (AvgIpc) is 2.38. The maximum absolute atomic E-state index is 12.2. The highest BCUT2D eigenvalue weighted by atomic mass is 16.5. The number of nitrogens with two attached hydrogens (primary N) is 1. The standard InChI is InChI=1S/C16H21NO2/c1-4-19-16(18)14-13(10(2)3)9-11-7-5-6-8-12(11)15(14)17/h5-8,10,13H,4,9,17H2,1-3H3/t13-/m1/s1. The lowest BCUT2D eigenvalue weighted by atomic mass is 9.76. The van der Waals surface area contributed by atoms with E-state index < -0.39 is 0 Å². The zero-order valence-corrected chi connectivity index (χ0v) is 11.8. The minimum Gasteiger partial charge on any atom is -0.463 e. The van der Waals surface area contributed by atoms with Gasteiger partial charge < -0.3 is 10.5 Å². The quantitative estimate of drug-likeness (QED) is 0.849. The molecule has 0 aromatic heterocycles. The number of fused-ring (bicyclic) bond motifs is 1.